The molecule has 0 bridgehead atoms. The van der Waals surface area contributed by atoms with E-state index in [4.69, 9.17) is 0 Å². The maximum absolute atomic E-state index is 9.57. The van der Waals surface area contributed by atoms with Gasteiger partial charge in [-0.25, -0.2) is 4.98 Å². The summed E-state index contributed by atoms with van der Waals surface area (Å²) in [5, 5.41) is 9.57. The molecule has 3 nitrogen and oxygen atoms in total. The lowest BCUT2D eigenvalue weighted by atomic mass is 10.2. The van der Waals surface area contributed by atoms with Gasteiger partial charge in [-0.1, -0.05) is 20.8 Å². The van der Waals surface area contributed by atoms with E-state index in [-0.39, 0.29) is 5.92 Å². The van der Waals surface area contributed by atoms with E-state index in [2.05, 4.69) is 4.98 Å². The van der Waals surface area contributed by atoms with Crippen molar-refractivity contribution >= 4 is 0 Å². The fourth-order valence-corrected chi connectivity index (χ4v) is 1.27. The zero-order chi connectivity index (χ0) is 9.30. The van der Waals surface area contributed by atoms with Crippen LogP contribution in [0.5, 0.6) is 0 Å². The topological polar surface area (TPSA) is 38.0 Å². The Balaban J connectivity index is 3.16. The monoisotopic (exact) mass is 168 g/mol. The van der Waals surface area contributed by atoms with Gasteiger partial charge in [0.2, 0.25) is 0 Å². The Morgan fingerprint density at radius 1 is 1.50 bits per heavy atom. The zero-order valence-corrected chi connectivity index (χ0v) is 8.13. The van der Waals surface area contributed by atoms with Gasteiger partial charge in [0.1, 0.15) is 5.82 Å². The van der Waals surface area contributed by atoms with E-state index in [9.17, 15) is 5.21 Å². The molecule has 0 saturated carbocycles. The second-order valence-electron chi connectivity index (χ2n) is 3.32. The highest BCUT2D eigenvalue weighted by Crippen LogP contribution is 2.16. The molecule has 12 heavy (non-hydrogen) atoms. The van der Waals surface area contributed by atoms with Crippen LogP contribution in [0.3, 0.4) is 0 Å². The SMILES string of the molecule is CCc1nc(C(C)C)n(O)c1C. The van der Waals surface area contributed by atoms with Crippen LogP contribution < -0.4 is 0 Å². The van der Waals surface area contributed by atoms with E-state index < -0.39 is 0 Å². The number of aromatic nitrogens is 2. The maximum Gasteiger partial charge on any atom is 0.147 e. The van der Waals surface area contributed by atoms with E-state index in [1.165, 1.54) is 4.73 Å². The van der Waals surface area contributed by atoms with Crippen molar-refractivity contribution in [1.29, 1.82) is 0 Å². The van der Waals surface area contributed by atoms with Gasteiger partial charge in [0.05, 0.1) is 11.4 Å². The number of hydrogen-bond donors (Lipinski definition) is 1. The van der Waals surface area contributed by atoms with Crippen molar-refractivity contribution in [1.82, 2.24) is 9.71 Å². The van der Waals surface area contributed by atoms with Crippen molar-refractivity contribution in [3.8, 4) is 0 Å². The summed E-state index contributed by atoms with van der Waals surface area (Å²) in [6, 6.07) is 0. The molecule has 1 aromatic heterocycles. The summed E-state index contributed by atoms with van der Waals surface area (Å²) in [6.45, 7) is 7.97. The molecule has 0 fully saturated rings. The van der Waals surface area contributed by atoms with Gasteiger partial charge >= 0.3 is 0 Å². The Hall–Kier alpha value is -0.990. The minimum Gasteiger partial charge on any atom is -0.427 e. The van der Waals surface area contributed by atoms with Crippen LogP contribution >= 0.6 is 0 Å². The highest BCUT2D eigenvalue weighted by molar-refractivity contribution is 5.15. The molecule has 1 heterocycles. The first kappa shape index (κ1) is 9.10. The normalized spacial score (nSPS) is 11.1. The minimum absolute atomic E-state index is 0.272. The van der Waals surface area contributed by atoms with Crippen LogP contribution in [0.1, 0.15) is 43.9 Å². The van der Waals surface area contributed by atoms with Crippen molar-refractivity contribution in [2.75, 3.05) is 0 Å². The Labute approximate surface area is 73.0 Å². The molecular weight excluding hydrogens is 152 g/mol. The van der Waals surface area contributed by atoms with Crippen LogP contribution in [0, 0.1) is 6.92 Å². The number of aryl methyl sites for hydroxylation is 1. The lowest BCUT2D eigenvalue weighted by molar-refractivity contribution is 0.166. The summed E-state index contributed by atoms with van der Waals surface area (Å²) in [7, 11) is 0. The van der Waals surface area contributed by atoms with Crippen LogP contribution in [0.2, 0.25) is 0 Å². The van der Waals surface area contributed by atoms with Gasteiger partial charge in [0.25, 0.3) is 0 Å². The molecule has 0 aliphatic rings. The van der Waals surface area contributed by atoms with Crippen molar-refractivity contribution < 1.29 is 5.21 Å². The summed E-state index contributed by atoms with van der Waals surface area (Å²) in [6.07, 6.45) is 0.874. The largest absolute Gasteiger partial charge is 0.427 e. The minimum atomic E-state index is 0.272. The van der Waals surface area contributed by atoms with Gasteiger partial charge in [-0.2, -0.15) is 4.73 Å². The number of hydrogen-bond acceptors (Lipinski definition) is 2. The van der Waals surface area contributed by atoms with E-state index in [1.54, 1.807) is 0 Å². The van der Waals surface area contributed by atoms with Gasteiger partial charge in [-0.05, 0) is 13.3 Å². The predicted octanol–water partition coefficient (Wildman–Crippen LogP) is 2.11. The number of nitrogens with zero attached hydrogens (tertiary/aromatic N) is 2. The summed E-state index contributed by atoms with van der Waals surface area (Å²) in [5.74, 6) is 1.03. The second kappa shape index (κ2) is 3.17. The second-order valence-corrected chi connectivity index (χ2v) is 3.32. The molecule has 0 spiro atoms. The Bertz CT molecular complexity index is 276. The lowest BCUT2D eigenvalue weighted by Gasteiger charge is -2.03. The van der Waals surface area contributed by atoms with E-state index in [0.29, 0.717) is 0 Å². The first-order valence-electron chi connectivity index (χ1n) is 4.35. The smallest absolute Gasteiger partial charge is 0.147 e. The van der Waals surface area contributed by atoms with E-state index >= 15 is 0 Å². The summed E-state index contributed by atoms with van der Waals surface area (Å²) in [4.78, 5) is 4.34. The predicted molar refractivity (Wildman–Crippen MR) is 47.6 cm³/mol. The molecule has 0 aliphatic heterocycles. The zero-order valence-electron chi connectivity index (χ0n) is 8.13. The standard InChI is InChI=1S/C9H16N2O/c1-5-8-7(4)11(12)9(10-8)6(2)3/h6,12H,5H2,1-4H3. The quantitative estimate of drug-likeness (QED) is 0.687. The van der Waals surface area contributed by atoms with Gasteiger partial charge in [0.15, 0.2) is 0 Å². The van der Waals surface area contributed by atoms with Crippen LogP contribution in [-0.2, 0) is 6.42 Å². The molecule has 0 radical (unpaired) electrons. The molecule has 0 atom stereocenters. The molecule has 0 aromatic carbocycles. The maximum atomic E-state index is 9.57. The van der Waals surface area contributed by atoms with Crippen LogP contribution in [0.4, 0.5) is 0 Å². The van der Waals surface area contributed by atoms with Crippen molar-refractivity contribution in [2.45, 2.75) is 40.0 Å². The highest BCUT2D eigenvalue weighted by Gasteiger charge is 2.13. The molecule has 3 heteroatoms. The number of rotatable bonds is 2. The van der Waals surface area contributed by atoms with Gasteiger partial charge in [-0.3, -0.25) is 0 Å². The summed E-state index contributed by atoms with van der Waals surface area (Å²) in [5.41, 5.74) is 1.85. The highest BCUT2D eigenvalue weighted by atomic mass is 16.5. The Morgan fingerprint density at radius 3 is 2.33 bits per heavy atom. The van der Waals surface area contributed by atoms with E-state index in [1.807, 2.05) is 27.7 Å². The van der Waals surface area contributed by atoms with Crippen molar-refractivity contribution in [3.63, 3.8) is 0 Å². The lowest BCUT2D eigenvalue weighted by Crippen LogP contribution is -2.02. The third-order valence-electron chi connectivity index (χ3n) is 2.05. The van der Waals surface area contributed by atoms with Crippen LogP contribution in [0.25, 0.3) is 0 Å². The van der Waals surface area contributed by atoms with Gasteiger partial charge in [-0.15, -0.1) is 0 Å². The average Bonchev–Trinajstić information content (AvgIpc) is 2.30. The van der Waals surface area contributed by atoms with Gasteiger partial charge < -0.3 is 5.21 Å². The first-order chi connectivity index (χ1) is 5.57. The molecule has 1 N–H and O–H groups in total. The molecule has 0 unspecified atom stereocenters. The molecule has 0 saturated heterocycles. The fraction of sp³-hybridized carbons (Fsp3) is 0.667. The summed E-state index contributed by atoms with van der Waals surface area (Å²) >= 11 is 0. The van der Waals surface area contributed by atoms with Crippen molar-refractivity contribution in [2.24, 2.45) is 0 Å². The fourth-order valence-electron chi connectivity index (χ4n) is 1.27. The Kier molecular flexibility index (Phi) is 2.40. The van der Waals surface area contributed by atoms with Crippen molar-refractivity contribution in [3.05, 3.63) is 17.2 Å². The third-order valence-corrected chi connectivity index (χ3v) is 2.05. The summed E-state index contributed by atoms with van der Waals surface area (Å²) < 4.78 is 1.20. The molecular formula is C9H16N2O. The molecule has 0 amide bonds. The van der Waals surface area contributed by atoms with Crippen LogP contribution in [-0.4, -0.2) is 14.9 Å². The van der Waals surface area contributed by atoms with E-state index in [0.717, 1.165) is 23.6 Å². The number of imidazole rings is 1. The molecule has 68 valence electrons. The van der Waals surface area contributed by atoms with Gasteiger partial charge in [0, 0.05) is 5.92 Å². The Morgan fingerprint density at radius 2 is 2.08 bits per heavy atom. The molecule has 1 aromatic rings. The van der Waals surface area contributed by atoms with Crippen LogP contribution in [0.15, 0.2) is 0 Å². The first-order valence-corrected chi connectivity index (χ1v) is 4.35. The molecule has 0 aliphatic carbocycles. The average molecular weight is 168 g/mol. The third kappa shape index (κ3) is 1.31. The molecule has 1 rings (SSSR count).